The quantitative estimate of drug-likeness (QED) is 0.802. The molecule has 1 heterocycles. The van der Waals surface area contributed by atoms with Gasteiger partial charge in [-0.05, 0) is 47.2 Å². The molecule has 0 aliphatic heterocycles. The van der Waals surface area contributed by atoms with Crippen molar-refractivity contribution in [3.63, 3.8) is 0 Å². The molecule has 1 aromatic carbocycles. The van der Waals surface area contributed by atoms with Gasteiger partial charge in [0.15, 0.2) is 0 Å². The van der Waals surface area contributed by atoms with Gasteiger partial charge in [0, 0.05) is 0 Å². The van der Waals surface area contributed by atoms with Crippen molar-refractivity contribution in [2.45, 2.75) is 39.7 Å². The standard InChI is InChI=1S/C15H18N2OS2/c1-10-13(20-17-16-10)14(19)18-9-11-5-7-12(8-6-11)15(2,3)4/h5-8H,9H2,1-4H3. The highest BCUT2D eigenvalue weighted by Crippen LogP contribution is 2.22. The van der Waals surface area contributed by atoms with Crippen molar-refractivity contribution in [1.82, 2.24) is 9.59 Å². The highest BCUT2D eigenvalue weighted by molar-refractivity contribution is 7.80. The van der Waals surface area contributed by atoms with Crippen LogP contribution in [-0.2, 0) is 16.8 Å². The first kappa shape index (κ1) is 15.1. The van der Waals surface area contributed by atoms with E-state index in [1.54, 1.807) is 0 Å². The largest absolute Gasteiger partial charge is 0.477 e. The predicted octanol–water partition coefficient (Wildman–Crippen LogP) is 4.04. The van der Waals surface area contributed by atoms with Gasteiger partial charge in [-0.1, -0.05) is 49.5 Å². The van der Waals surface area contributed by atoms with Crippen molar-refractivity contribution in [2.24, 2.45) is 0 Å². The summed E-state index contributed by atoms with van der Waals surface area (Å²) < 4.78 is 9.50. The fourth-order valence-electron chi connectivity index (χ4n) is 1.73. The molecule has 0 saturated heterocycles. The van der Waals surface area contributed by atoms with E-state index in [2.05, 4.69) is 54.6 Å². The summed E-state index contributed by atoms with van der Waals surface area (Å²) in [5, 5.41) is 4.40. The number of rotatable bonds is 3. The lowest BCUT2D eigenvalue weighted by atomic mass is 9.87. The first-order chi connectivity index (χ1) is 9.38. The van der Waals surface area contributed by atoms with E-state index in [0.29, 0.717) is 11.7 Å². The molecule has 0 unspecified atom stereocenters. The van der Waals surface area contributed by atoms with Gasteiger partial charge in [-0.2, -0.15) is 0 Å². The van der Waals surface area contributed by atoms with Gasteiger partial charge < -0.3 is 4.74 Å². The van der Waals surface area contributed by atoms with Crippen LogP contribution < -0.4 is 0 Å². The van der Waals surface area contributed by atoms with E-state index in [4.69, 9.17) is 17.0 Å². The Bertz CT molecular complexity index is 597. The second-order valence-corrected chi connectivity index (χ2v) is 6.84. The summed E-state index contributed by atoms with van der Waals surface area (Å²) in [5.41, 5.74) is 3.41. The maximum absolute atomic E-state index is 5.64. The van der Waals surface area contributed by atoms with Crippen molar-refractivity contribution in [3.05, 3.63) is 46.0 Å². The van der Waals surface area contributed by atoms with Gasteiger partial charge in [-0.3, -0.25) is 0 Å². The molecular formula is C15H18N2OS2. The monoisotopic (exact) mass is 306 g/mol. The number of ether oxygens (including phenoxy) is 1. The number of nitrogens with zero attached hydrogens (tertiary/aromatic N) is 2. The smallest absolute Gasteiger partial charge is 0.205 e. The molecule has 3 nitrogen and oxygen atoms in total. The summed E-state index contributed by atoms with van der Waals surface area (Å²) in [7, 11) is 0. The summed E-state index contributed by atoms with van der Waals surface area (Å²) in [4.78, 5) is 0.839. The molecule has 2 aromatic rings. The first-order valence-electron chi connectivity index (χ1n) is 6.43. The Morgan fingerprint density at radius 3 is 2.40 bits per heavy atom. The van der Waals surface area contributed by atoms with Crippen LogP contribution in [0.3, 0.4) is 0 Å². The Kier molecular flexibility index (Phi) is 4.50. The van der Waals surface area contributed by atoms with Gasteiger partial charge in [0.2, 0.25) is 5.05 Å². The Labute approximate surface area is 129 Å². The molecule has 2 rings (SSSR count). The van der Waals surface area contributed by atoms with Crippen LogP contribution in [0.15, 0.2) is 24.3 Å². The van der Waals surface area contributed by atoms with Gasteiger partial charge in [0.25, 0.3) is 0 Å². The fourth-order valence-corrected chi connectivity index (χ4v) is 2.60. The molecule has 106 valence electrons. The molecule has 0 saturated carbocycles. The van der Waals surface area contributed by atoms with Gasteiger partial charge in [-0.25, -0.2) is 0 Å². The molecular weight excluding hydrogens is 288 g/mol. The maximum Gasteiger partial charge on any atom is 0.205 e. The summed E-state index contributed by atoms with van der Waals surface area (Å²) in [6.07, 6.45) is 0. The van der Waals surface area contributed by atoms with Crippen molar-refractivity contribution >= 4 is 28.8 Å². The second-order valence-electron chi connectivity index (χ2n) is 5.71. The zero-order valence-electron chi connectivity index (χ0n) is 12.1. The molecule has 20 heavy (non-hydrogen) atoms. The minimum Gasteiger partial charge on any atom is -0.477 e. The minimum atomic E-state index is 0.167. The Balaban J connectivity index is 1.98. The summed E-state index contributed by atoms with van der Waals surface area (Å²) in [6.45, 7) is 8.96. The summed E-state index contributed by atoms with van der Waals surface area (Å²) in [6, 6.07) is 8.45. The van der Waals surface area contributed by atoms with Crippen molar-refractivity contribution in [1.29, 1.82) is 0 Å². The highest BCUT2D eigenvalue weighted by atomic mass is 32.1. The predicted molar refractivity (Wildman–Crippen MR) is 86.3 cm³/mol. The molecule has 0 bridgehead atoms. The lowest BCUT2D eigenvalue weighted by Gasteiger charge is -2.19. The Morgan fingerprint density at radius 1 is 1.25 bits per heavy atom. The van der Waals surface area contributed by atoms with Crippen LogP contribution in [0.5, 0.6) is 0 Å². The van der Waals surface area contributed by atoms with Crippen LogP contribution in [0.2, 0.25) is 0 Å². The van der Waals surface area contributed by atoms with Crippen LogP contribution in [0.1, 0.15) is 42.5 Å². The Morgan fingerprint density at radius 2 is 1.90 bits per heavy atom. The van der Waals surface area contributed by atoms with Crippen molar-refractivity contribution < 1.29 is 4.74 Å². The van der Waals surface area contributed by atoms with E-state index in [9.17, 15) is 0 Å². The second kappa shape index (κ2) is 5.97. The van der Waals surface area contributed by atoms with Crippen LogP contribution in [0.4, 0.5) is 0 Å². The number of aryl methyl sites for hydroxylation is 1. The van der Waals surface area contributed by atoms with Crippen LogP contribution in [0.25, 0.3) is 0 Å². The number of hydrogen-bond donors (Lipinski definition) is 0. The normalized spacial score (nSPS) is 11.4. The van der Waals surface area contributed by atoms with E-state index in [0.717, 1.165) is 16.1 Å². The maximum atomic E-state index is 5.64. The number of aromatic nitrogens is 2. The molecule has 0 spiro atoms. The third-order valence-corrected chi connectivity index (χ3v) is 4.30. The average molecular weight is 306 g/mol. The molecule has 0 aliphatic rings. The van der Waals surface area contributed by atoms with Gasteiger partial charge >= 0.3 is 0 Å². The topological polar surface area (TPSA) is 35.0 Å². The highest BCUT2D eigenvalue weighted by Gasteiger charge is 2.13. The third-order valence-electron chi connectivity index (χ3n) is 3.03. The van der Waals surface area contributed by atoms with Gasteiger partial charge in [0.1, 0.15) is 11.5 Å². The lowest BCUT2D eigenvalue weighted by molar-refractivity contribution is 0.302. The zero-order valence-corrected chi connectivity index (χ0v) is 13.8. The van der Waals surface area contributed by atoms with Gasteiger partial charge in [0.05, 0.1) is 5.69 Å². The zero-order chi connectivity index (χ0) is 14.8. The van der Waals surface area contributed by atoms with E-state index in [1.807, 2.05) is 6.92 Å². The van der Waals surface area contributed by atoms with Crippen LogP contribution in [0, 0.1) is 6.92 Å². The molecule has 5 heteroatoms. The first-order valence-corrected chi connectivity index (χ1v) is 7.61. The van der Waals surface area contributed by atoms with Crippen LogP contribution in [-0.4, -0.2) is 14.6 Å². The van der Waals surface area contributed by atoms with Crippen molar-refractivity contribution in [3.8, 4) is 0 Å². The molecule has 0 N–H and O–H groups in total. The molecule has 1 aromatic heterocycles. The third kappa shape index (κ3) is 3.61. The van der Waals surface area contributed by atoms with E-state index < -0.39 is 0 Å². The number of thiocarbonyl (C=S) groups is 1. The molecule has 0 radical (unpaired) electrons. The summed E-state index contributed by atoms with van der Waals surface area (Å²) >= 11 is 6.53. The molecule has 0 aliphatic carbocycles. The fraction of sp³-hybridized carbons (Fsp3) is 0.400. The molecule has 0 atom stereocenters. The lowest BCUT2D eigenvalue weighted by Crippen LogP contribution is -2.11. The van der Waals surface area contributed by atoms with E-state index in [1.165, 1.54) is 17.1 Å². The Hall–Kier alpha value is -1.33. The average Bonchev–Trinajstić information content (AvgIpc) is 2.82. The molecule has 0 fully saturated rings. The molecule has 0 amide bonds. The van der Waals surface area contributed by atoms with E-state index in [-0.39, 0.29) is 5.41 Å². The van der Waals surface area contributed by atoms with E-state index >= 15 is 0 Å². The van der Waals surface area contributed by atoms with Crippen molar-refractivity contribution in [2.75, 3.05) is 0 Å². The summed E-state index contributed by atoms with van der Waals surface area (Å²) in [5.74, 6) is 0. The number of benzene rings is 1. The van der Waals surface area contributed by atoms with Crippen LogP contribution >= 0.6 is 23.8 Å². The number of hydrogen-bond acceptors (Lipinski definition) is 5. The SMILES string of the molecule is Cc1nnsc1C(=S)OCc1ccc(C(C)(C)C)cc1. The van der Waals surface area contributed by atoms with Gasteiger partial charge in [-0.15, -0.1) is 5.10 Å². The minimum absolute atomic E-state index is 0.167.